The molecule has 1 aromatic rings. The zero-order valence-corrected chi connectivity index (χ0v) is 12.7. The van der Waals surface area contributed by atoms with Gasteiger partial charge >= 0.3 is 0 Å². The summed E-state index contributed by atoms with van der Waals surface area (Å²) < 4.78 is 0. The summed E-state index contributed by atoms with van der Waals surface area (Å²) >= 11 is 0. The molecular weight excluding hydrogens is 262 g/mol. The van der Waals surface area contributed by atoms with Gasteiger partial charge in [-0.1, -0.05) is 6.42 Å². The van der Waals surface area contributed by atoms with E-state index in [1.807, 2.05) is 19.1 Å². The Bertz CT molecular complexity index is 529. The summed E-state index contributed by atoms with van der Waals surface area (Å²) in [5, 5.41) is 6.29. The summed E-state index contributed by atoms with van der Waals surface area (Å²) in [6.07, 6.45) is 5.59. The Kier molecular flexibility index (Phi) is 4.04. The number of nitrogen functional groups attached to an aromatic ring is 1. The van der Waals surface area contributed by atoms with Gasteiger partial charge in [0.15, 0.2) is 0 Å². The molecule has 4 heteroatoms. The van der Waals surface area contributed by atoms with Crippen LogP contribution in [0.5, 0.6) is 0 Å². The third kappa shape index (κ3) is 2.99. The molecule has 4 N–H and O–H groups in total. The fourth-order valence-electron chi connectivity index (χ4n) is 3.98. The van der Waals surface area contributed by atoms with E-state index >= 15 is 0 Å². The number of nitrogens with two attached hydrogens (primary N) is 1. The largest absolute Gasteiger partial charge is 0.397 e. The van der Waals surface area contributed by atoms with Crippen LogP contribution in [0.2, 0.25) is 0 Å². The lowest BCUT2D eigenvalue weighted by Crippen LogP contribution is -2.23. The summed E-state index contributed by atoms with van der Waals surface area (Å²) in [5.74, 6) is 2.59. The molecule has 3 unspecified atom stereocenters. The third-order valence-corrected chi connectivity index (χ3v) is 5.09. The highest BCUT2D eigenvalue weighted by molar-refractivity contribution is 5.96. The molecule has 0 aliphatic heterocycles. The minimum atomic E-state index is -0.0412. The van der Waals surface area contributed by atoms with Crippen LogP contribution in [0.3, 0.4) is 0 Å². The number of hydrogen-bond acceptors (Lipinski definition) is 3. The molecule has 2 saturated carbocycles. The predicted octanol–water partition coefficient (Wildman–Crippen LogP) is 2.87. The molecule has 0 saturated heterocycles. The Hall–Kier alpha value is -1.71. The SMILES string of the molecule is CCNC(=O)c1ccc(N)c(NCC2CC3CCC2C3)c1. The Morgan fingerprint density at radius 2 is 2.19 bits per heavy atom. The van der Waals surface area contributed by atoms with Gasteiger partial charge in [0.1, 0.15) is 0 Å². The van der Waals surface area contributed by atoms with E-state index in [0.29, 0.717) is 17.8 Å². The van der Waals surface area contributed by atoms with E-state index in [0.717, 1.165) is 30.0 Å². The molecule has 21 heavy (non-hydrogen) atoms. The summed E-state index contributed by atoms with van der Waals surface area (Å²) in [7, 11) is 0. The minimum absolute atomic E-state index is 0.0412. The lowest BCUT2D eigenvalue weighted by Gasteiger charge is -2.23. The molecule has 114 valence electrons. The zero-order chi connectivity index (χ0) is 14.8. The van der Waals surface area contributed by atoms with Gasteiger partial charge in [-0.15, -0.1) is 0 Å². The average Bonchev–Trinajstić information content (AvgIpc) is 3.09. The van der Waals surface area contributed by atoms with Crippen molar-refractivity contribution in [3.63, 3.8) is 0 Å². The molecule has 3 atom stereocenters. The highest BCUT2D eigenvalue weighted by atomic mass is 16.1. The first-order valence-electron chi connectivity index (χ1n) is 8.09. The quantitative estimate of drug-likeness (QED) is 0.729. The van der Waals surface area contributed by atoms with E-state index in [1.54, 1.807) is 6.07 Å². The van der Waals surface area contributed by atoms with Gasteiger partial charge in [-0.2, -0.15) is 0 Å². The van der Waals surface area contributed by atoms with Crippen molar-refractivity contribution < 1.29 is 4.79 Å². The fourth-order valence-corrected chi connectivity index (χ4v) is 3.98. The second kappa shape index (κ2) is 5.96. The number of rotatable bonds is 5. The van der Waals surface area contributed by atoms with Crippen molar-refractivity contribution in [2.75, 3.05) is 24.1 Å². The van der Waals surface area contributed by atoms with Crippen molar-refractivity contribution in [1.29, 1.82) is 0 Å². The Balaban J connectivity index is 1.64. The van der Waals surface area contributed by atoms with Gasteiger partial charge in [0.25, 0.3) is 5.91 Å². The van der Waals surface area contributed by atoms with Gasteiger partial charge in [0.05, 0.1) is 11.4 Å². The van der Waals surface area contributed by atoms with E-state index in [1.165, 1.54) is 25.7 Å². The van der Waals surface area contributed by atoms with Gasteiger partial charge in [-0.3, -0.25) is 4.79 Å². The second-order valence-electron chi connectivity index (χ2n) is 6.48. The molecular formula is C17H25N3O. The standard InChI is InChI=1S/C17H25N3O/c1-2-19-17(21)13-5-6-15(18)16(9-13)20-10-14-8-11-3-4-12(14)7-11/h5-6,9,11-12,14,20H,2-4,7-8,10,18H2,1H3,(H,19,21). The normalized spacial score (nSPS) is 26.8. The van der Waals surface area contributed by atoms with Crippen LogP contribution in [0.4, 0.5) is 11.4 Å². The van der Waals surface area contributed by atoms with Crippen LogP contribution in [-0.2, 0) is 0 Å². The van der Waals surface area contributed by atoms with Crippen LogP contribution < -0.4 is 16.4 Å². The molecule has 2 aliphatic rings. The Labute approximate surface area is 126 Å². The number of fused-ring (bicyclic) bond motifs is 2. The first-order valence-corrected chi connectivity index (χ1v) is 8.09. The Morgan fingerprint density at radius 1 is 1.33 bits per heavy atom. The molecule has 2 bridgehead atoms. The van der Waals surface area contributed by atoms with Gasteiger partial charge < -0.3 is 16.4 Å². The molecule has 0 heterocycles. The monoisotopic (exact) mass is 287 g/mol. The maximum Gasteiger partial charge on any atom is 0.251 e. The Morgan fingerprint density at radius 3 is 2.86 bits per heavy atom. The van der Waals surface area contributed by atoms with Crippen LogP contribution in [0, 0.1) is 17.8 Å². The van der Waals surface area contributed by atoms with Crippen molar-refractivity contribution in [2.24, 2.45) is 17.8 Å². The zero-order valence-electron chi connectivity index (χ0n) is 12.7. The molecule has 0 radical (unpaired) electrons. The summed E-state index contributed by atoms with van der Waals surface area (Å²) in [5.41, 5.74) is 8.30. The molecule has 1 amide bonds. The average molecular weight is 287 g/mol. The molecule has 0 aromatic heterocycles. The smallest absolute Gasteiger partial charge is 0.251 e. The maximum atomic E-state index is 11.9. The first kappa shape index (κ1) is 14.2. The number of carbonyl (C=O) groups excluding carboxylic acids is 1. The van der Waals surface area contributed by atoms with Crippen molar-refractivity contribution in [3.05, 3.63) is 23.8 Å². The summed E-state index contributed by atoms with van der Waals surface area (Å²) in [6.45, 7) is 3.53. The van der Waals surface area contributed by atoms with E-state index in [4.69, 9.17) is 5.73 Å². The van der Waals surface area contributed by atoms with E-state index in [2.05, 4.69) is 10.6 Å². The number of nitrogens with one attached hydrogen (secondary N) is 2. The highest BCUT2D eigenvalue weighted by Crippen LogP contribution is 2.48. The van der Waals surface area contributed by atoms with Crippen LogP contribution in [-0.4, -0.2) is 19.0 Å². The highest BCUT2D eigenvalue weighted by Gasteiger charge is 2.39. The molecule has 4 nitrogen and oxygen atoms in total. The van der Waals surface area contributed by atoms with Crippen LogP contribution in [0.15, 0.2) is 18.2 Å². The molecule has 2 fully saturated rings. The van der Waals surface area contributed by atoms with Gasteiger partial charge in [0.2, 0.25) is 0 Å². The molecule has 2 aliphatic carbocycles. The number of anilines is 2. The van der Waals surface area contributed by atoms with E-state index < -0.39 is 0 Å². The van der Waals surface area contributed by atoms with Crippen LogP contribution in [0.1, 0.15) is 43.0 Å². The van der Waals surface area contributed by atoms with Crippen molar-refractivity contribution in [2.45, 2.75) is 32.6 Å². The van der Waals surface area contributed by atoms with Gasteiger partial charge in [0, 0.05) is 18.7 Å². The summed E-state index contributed by atoms with van der Waals surface area (Å²) in [6, 6.07) is 5.46. The van der Waals surface area contributed by atoms with Crippen LogP contribution >= 0.6 is 0 Å². The van der Waals surface area contributed by atoms with Gasteiger partial charge in [-0.25, -0.2) is 0 Å². The topological polar surface area (TPSA) is 67.2 Å². The lowest BCUT2D eigenvalue weighted by atomic mass is 9.89. The van der Waals surface area contributed by atoms with Crippen molar-refractivity contribution >= 4 is 17.3 Å². The maximum absolute atomic E-state index is 11.9. The van der Waals surface area contributed by atoms with Crippen LogP contribution in [0.25, 0.3) is 0 Å². The fraction of sp³-hybridized carbons (Fsp3) is 0.588. The number of hydrogen-bond donors (Lipinski definition) is 3. The second-order valence-corrected chi connectivity index (χ2v) is 6.48. The number of amides is 1. The van der Waals surface area contributed by atoms with Gasteiger partial charge in [-0.05, 0) is 62.1 Å². The lowest BCUT2D eigenvalue weighted by molar-refractivity contribution is 0.0956. The van der Waals surface area contributed by atoms with Crippen molar-refractivity contribution in [3.8, 4) is 0 Å². The predicted molar refractivity (Wildman–Crippen MR) is 86.3 cm³/mol. The first-order chi connectivity index (χ1) is 10.2. The molecule has 3 rings (SSSR count). The minimum Gasteiger partial charge on any atom is -0.397 e. The van der Waals surface area contributed by atoms with E-state index in [9.17, 15) is 4.79 Å². The summed E-state index contributed by atoms with van der Waals surface area (Å²) in [4.78, 5) is 11.9. The number of benzene rings is 1. The van der Waals surface area contributed by atoms with Crippen molar-refractivity contribution in [1.82, 2.24) is 5.32 Å². The third-order valence-electron chi connectivity index (χ3n) is 5.09. The molecule has 1 aromatic carbocycles. The molecule has 0 spiro atoms. The van der Waals surface area contributed by atoms with E-state index in [-0.39, 0.29) is 5.91 Å². The number of carbonyl (C=O) groups is 1.